The van der Waals surface area contributed by atoms with Crippen LogP contribution in [-0.4, -0.2) is 24.0 Å². The molecular weight excluding hydrogens is 284 g/mol. The zero-order valence-electron chi connectivity index (χ0n) is 11.9. The van der Waals surface area contributed by atoms with E-state index < -0.39 is 4.92 Å². The largest absolute Gasteiger partial charge is 0.484 e. The Balaban J connectivity index is 1.73. The first kappa shape index (κ1) is 15.5. The van der Waals surface area contributed by atoms with Crippen molar-refractivity contribution in [3.05, 3.63) is 70.3 Å². The Bertz CT molecular complexity index is 644. The molecule has 0 aliphatic rings. The fourth-order valence-corrected chi connectivity index (χ4v) is 1.88. The average Bonchev–Trinajstić information content (AvgIpc) is 2.54. The third-order valence-corrected chi connectivity index (χ3v) is 2.98. The maximum absolute atomic E-state index is 11.7. The molecule has 114 valence electrons. The van der Waals surface area contributed by atoms with E-state index in [4.69, 9.17) is 4.74 Å². The highest BCUT2D eigenvalue weighted by molar-refractivity contribution is 5.77. The molecule has 6 nitrogen and oxygen atoms in total. The first-order valence-electron chi connectivity index (χ1n) is 6.83. The Labute approximate surface area is 127 Å². The zero-order chi connectivity index (χ0) is 15.8. The molecule has 0 fully saturated rings. The van der Waals surface area contributed by atoms with Crippen molar-refractivity contribution in [2.24, 2.45) is 0 Å². The molecule has 1 N–H and O–H groups in total. The summed E-state index contributed by atoms with van der Waals surface area (Å²) in [6.45, 7) is 0.344. The lowest BCUT2D eigenvalue weighted by molar-refractivity contribution is -0.384. The van der Waals surface area contributed by atoms with Crippen molar-refractivity contribution in [1.29, 1.82) is 0 Å². The Morgan fingerprint density at radius 1 is 1.14 bits per heavy atom. The third kappa shape index (κ3) is 4.90. The summed E-state index contributed by atoms with van der Waals surface area (Å²) in [6.07, 6.45) is 0.739. The van der Waals surface area contributed by atoms with Crippen LogP contribution in [0.1, 0.15) is 5.56 Å². The van der Waals surface area contributed by atoms with E-state index in [0.29, 0.717) is 12.3 Å². The van der Waals surface area contributed by atoms with E-state index in [2.05, 4.69) is 5.32 Å². The minimum atomic E-state index is -0.507. The summed E-state index contributed by atoms with van der Waals surface area (Å²) >= 11 is 0. The topological polar surface area (TPSA) is 81.5 Å². The molecule has 22 heavy (non-hydrogen) atoms. The van der Waals surface area contributed by atoms with Crippen LogP contribution in [0.5, 0.6) is 5.75 Å². The van der Waals surface area contributed by atoms with E-state index >= 15 is 0 Å². The molecule has 0 atom stereocenters. The molecule has 0 bridgehead atoms. The number of non-ortho nitro benzene ring substituents is 1. The van der Waals surface area contributed by atoms with Gasteiger partial charge in [-0.3, -0.25) is 14.9 Å². The van der Waals surface area contributed by atoms with Crippen LogP contribution in [0, 0.1) is 10.1 Å². The maximum atomic E-state index is 11.7. The summed E-state index contributed by atoms with van der Waals surface area (Å²) in [7, 11) is 0. The van der Waals surface area contributed by atoms with Crippen LogP contribution in [0.3, 0.4) is 0 Å². The van der Waals surface area contributed by atoms with E-state index in [1.807, 2.05) is 30.3 Å². The van der Waals surface area contributed by atoms with Crippen LogP contribution < -0.4 is 10.1 Å². The summed E-state index contributed by atoms with van der Waals surface area (Å²) < 4.78 is 5.24. The summed E-state index contributed by atoms with van der Waals surface area (Å²) in [6, 6.07) is 15.6. The van der Waals surface area contributed by atoms with E-state index in [9.17, 15) is 14.9 Å². The lowest BCUT2D eigenvalue weighted by atomic mass is 10.1. The van der Waals surface area contributed by atoms with Gasteiger partial charge in [-0.1, -0.05) is 36.4 Å². The van der Waals surface area contributed by atoms with E-state index in [1.54, 1.807) is 6.07 Å². The van der Waals surface area contributed by atoms with Crippen LogP contribution in [0.25, 0.3) is 0 Å². The van der Waals surface area contributed by atoms with Crippen LogP contribution in [-0.2, 0) is 11.2 Å². The van der Waals surface area contributed by atoms with Crippen molar-refractivity contribution in [3.8, 4) is 5.75 Å². The molecule has 0 aliphatic heterocycles. The number of nitro benzene ring substituents is 1. The molecule has 2 rings (SSSR count). The van der Waals surface area contributed by atoms with Crippen molar-refractivity contribution >= 4 is 11.6 Å². The van der Waals surface area contributed by atoms with E-state index in [-0.39, 0.29) is 18.2 Å². The number of amides is 1. The predicted octanol–water partition coefficient (Wildman–Crippen LogP) is 2.33. The highest BCUT2D eigenvalue weighted by Gasteiger charge is 2.08. The van der Waals surface area contributed by atoms with Gasteiger partial charge < -0.3 is 10.1 Å². The molecule has 2 aromatic rings. The minimum absolute atomic E-state index is 0.0676. The number of hydrogen-bond acceptors (Lipinski definition) is 4. The summed E-state index contributed by atoms with van der Waals surface area (Å²) in [5.41, 5.74) is 1.07. The third-order valence-electron chi connectivity index (χ3n) is 2.98. The van der Waals surface area contributed by atoms with Gasteiger partial charge in [-0.15, -0.1) is 0 Å². The SMILES string of the molecule is O=C(COc1cccc([N+](=O)[O-])c1)NCCc1ccccc1. The fourth-order valence-electron chi connectivity index (χ4n) is 1.88. The number of ether oxygens (including phenoxy) is 1. The van der Waals surface area contributed by atoms with Crippen molar-refractivity contribution in [3.63, 3.8) is 0 Å². The van der Waals surface area contributed by atoms with Crippen molar-refractivity contribution < 1.29 is 14.5 Å². The van der Waals surface area contributed by atoms with E-state index in [1.165, 1.54) is 18.2 Å². The standard InChI is InChI=1S/C16H16N2O4/c19-16(17-10-9-13-5-2-1-3-6-13)12-22-15-8-4-7-14(11-15)18(20)21/h1-8,11H,9-10,12H2,(H,17,19). The lowest BCUT2D eigenvalue weighted by Gasteiger charge is -2.07. The first-order valence-corrected chi connectivity index (χ1v) is 6.83. The normalized spacial score (nSPS) is 10.0. The molecule has 0 heterocycles. The molecule has 1 amide bonds. The quantitative estimate of drug-likeness (QED) is 0.628. The molecular formula is C16H16N2O4. The van der Waals surface area contributed by atoms with Gasteiger partial charge in [0, 0.05) is 12.6 Å². The molecule has 0 aliphatic carbocycles. The van der Waals surface area contributed by atoms with Gasteiger partial charge in [0.2, 0.25) is 0 Å². The molecule has 0 aromatic heterocycles. The highest BCUT2D eigenvalue weighted by atomic mass is 16.6. The minimum Gasteiger partial charge on any atom is -0.484 e. The number of hydrogen-bond donors (Lipinski definition) is 1. The number of carbonyl (C=O) groups is 1. The highest BCUT2D eigenvalue weighted by Crippen LogP contribution is 2.18. The van der Waals surface area contributed by atoms with Crippen LogP contribution >= 0.6 is 0 Å². The molecule has 0 saturated heterocycles. The molecule has 0 saturated carbocycles. The molecule has 0 unspecified atom stereocenters. The Hall–Kier alpha value is -2.89. The number of nitrogens with one attached hydrogen (secondary N) is 1. The van der Waals surface area contributed by atoms with Gasteiger partial charge in [0.05, 0.1) is 11.0 Å². The lowest BCUT2D eigenvalue weighted by Crippen LogP contribution is -2.30. The number of benzene rings is 2. The fraction of sp³-hybridized carbons (Fsp3) is 0.188. The van der Waals surface area contributed by atoms with Gasteiger partial charge in [0.1, 0.15) is 5.75 Å². The predicted molar refractivity (Wildman–Crippen MR) is 81.7 cm³/mol. The summed E-state index contributed by atoms with van der Waals surface area (Å²) in [5, 5.41) is 13.4. The number of rotatable bonds is 7. The van der Waals surface area contributed by atoms with Gasteiger partial charge in [0.15, 0.2) is 6.61 Å². The Morgan fingerprint density at radius 2 is 1.91 bits per heavy atom. The van der Waals surface area contributed by atoms with E-state index in [0.717, 1.165) is 12.0 Å². The number of carbonyl (C=O) groups excluding carboxylic acids is 1. The van der Waals surface area contributed by atoms with Crippen LogP contribution in [0.15, 0.2) is 54.6 Å². The smallest absolute Gasteiger partial charge is 0.273 e. The average molecular weight is 300 g/mol. The van der Waals surface area contributed by atoms with Crippen LogP contribution in [0.4, 0.5) is 5.69 Å². The van der Waals surface area contributed by atoms with Crippen LogP contribution in [0.2, 0.25) is 0 Å². The monoisotopic (exact) mass is 300 g/mol. The zero-order valence-corrected chi connectivity index (χ0v) is 11.9. The summed E-state index contributed by atoms with van der Waals surface area (Å²) in [4.78, 5) is 21.8. The molecule has 6 heteroatoms. The summed E-state index contributed by atoms with van der Waals surface area (Å²) in [5.74, 6) is 0.0369. The maximum Gasteiger partial charge on any atom is 0.273 e. The van der Waals surface area contributed by atoms with Gasteiger partial charge >= 0.3 is 0 Å². The van der Waals surface area contributed by atoms with Crippen molar-refractivity contribution in [1.82, 2.24) is 5.32 Å². The van der Waals surface area contributed by atoms with Crippen molar-refractivity contribution in [2.45, 2.75) is 6.42 Å². The van der Waals surface area contributed by atoms with Gasteiger partial charge in [0.25, 0.3) is 11.6 Å². The first-order chi connectivity index (χ1) is 10.6. The number of nitro groups is 1. The molecule has 0 radical (unpaired) electrons. The molecule has 0 spiro atoms. The van der Waals surface area contributed by atoms with Gasteiger partial charge in [-0.05, 0) is 18.1 Å². The Kier molecular flexibility index (Phi) is 5.48. The second kappa shape index (κ2) is 7.78. The van der Waals surface area contributed by atoms with Gasteiger partial charge in [-0.25, -0.2) is 0 Å². The van der Waals surface area contributed by atoms with Gasteiger partial charge in [-0.2, -0.15) is 0 Å². The second-order valence-electron chi connectivity index (χ2n) is 4.63. The Morgan fingerprint density at radius 3 is 2.64 bits per heavy atom. The number of nitrogens with zero attached hydrogens (tertiary/aromatic N) is 1. The van der Waals surface area contributed by atoms with Crippen molar-refractivity contribution in [2.75, 3.05) is 13.2 Å². The molecule has 2 aromatic carbocycles. The second-order valence-corrected chi connectivity index (χ2v) is 4.63.